The van der Waals surface area contributed by atoms with Gasteiger partial charge in [-0.15, -0.1) is 0 Å². The predicted octanol–water partition coefficient (Wildman–Crippen LogP) is 6.40. The maximum absolute atomic E-state index is 13.1. The van der Waals surface area contributed by atoms with E-state index in [9.17, 15) is 9.59 Å². The monoisotopic (exact) mass is 513 g/mol. The smallest absolute Gasteiger partial charge is 0.255 e. The number of aryl methyl sites for hydroxylation is 2. The fraction of sp³-hybridized carbons (Fsp3) is 0.0645. The number of nitrogens with one attached hydrogen (secondary N) is 2. The van der Waals surface area contributed by atoms with E-state index in [1.807, 2.05) is 43.3 Å². The highest BCUT2D eigenvalue weighted by molar-refractivity contribution is 6.06. The number of aromatic nitrogens is 2. The molecule has 5 aromatic rings. The molecular weight excluding hydrogens is 490 g/mol. The molecule has 5 rings (SSSR count). The largest absolute Gasteiger partial charge is 0.339 e. The molecule has 8 nitrogen and oxygen atoms in total. The lowest BCUT2D eigenvalue weighted by Crippen LogP contribution is -2.12. The van der Waals surface area contributed by atoms with E-state index in [0.717, 1.165) is 22.3 Å². The minimum atomic E-state index is -0.278. The highest BCUT2D eigenvalue weighted by atomic mass is 16.5. The van der Waals surface area contributed by atoms with Crippen LogP contribution >= 0.6 is 0 Å². The molecule has 1 heterocycles. The fourth-order valence-electron chi connectivity index (χ4n) is 4.10. The number of anilines is 2. The van der Waals surface area contributed by atoms with E-state index in [1.54, 1.807) is 61.5 Å². The van der Waals surface area contributed by atoms with Crippen LogP contribution in [0.5, 0.6) is 0 Å². The Morgan fingerprint density at radius 2 is 1.44 bits per heavy atom. The lowest BCUT2D eigenvalue weighted by molar-refractivity contribution is 0.101. The molecular formula is C31H23N5O3. The molecule has 0 aliphatic heterocycles. The summed E-state index contributed by atoms with van der Waals surface area (Å²) in [5, 5.41) is 18.7. The molecule has 1 aromatic heterocycles. The van der Waals surface area contributed by atoms with Gasteiger partial charge in [-0.3, -0.25) is 9.59 Å². The molecule has 0 aliphatic carbocycles. The number of carbonyl (C=O) groups excluding carboxylic acids is 2. The van der Waals surface area contributed by atoms with Crippen LogP contribution in [0.2, 0.25) is 0 Å². The summed E-state index contributed by atoms with van der Waals surface area (Å²) in [6.07, 6.45) is 0. The zero-order valence-electron chi connectivity index (χ0n) is 21.2. The average molecular weight is 514 g/mol. The Kier molecular flexibility index (Phi) is 6.97. The standard InChI is InChI=1S/C31H23N5O3/c1-19-9-10-25(31(38)35-27-8-4-6-24(16-27)29-33-20(2)39-36-29)17-28(19)22-11-13-23(14-12-22)30(37)34-26-7-3-5-21(15-26)18-32/h3-17H,1-2H3,(H,34,37)(H,35,38). The third-order valence-electron chi connectivity index (χ3n) is 6.11. The first-order valence-corrected chi connectivity index (χ1v) is 12.1. The third kappa shape index (κ3) is 5.73. The fourth-order valence-corrected chi connectivity index (χ4v) is 4.10. The van der Waals surface area contributed by atoms with Gasteiger partial charge in [-0.25, -0.2) is 0 Å². The van der Waals surface area contributed by atoms with Crippen molar-refractivity contribution in [3.63, 3.8) is 0 Å². The molecule has 0 bridgehead atoms. The number of hydrogen-bond donors (Lipinski definition) is 2. The molecule has 0 spiro atoms. The molecule has 0 saturated heterocycles. The summed E-state index contributed by atoms with van der Waals surface area (Å²) in [6.45, 7) is 3.69. The predicted molar refractivity (Wildman–Crippen MR) is 148 cm³/mol. The van der Waals surface area contributed by atoms with E-state index in [4.69, 9.17) is 9.78 Å². The second kappa shape index (κ2) is 10.8. The first-order valence-electron chi connectivity index (χ1n) is 12.1. The minimum Gasteiger partial charge on any atom is -0.339 e. The average Bonchev–Trinajstić information content (AvgIpc) is 3.40. The van der Waals surface area contributed by atoms with E-state index < -0.39 is 0 Å². The van der Waals surface area contributed by atoms with Gasteiger partial charge in [0.1, 0.15) is 0 Å². The molecule has 0 aliphatic rings. The van der Waals surface area contributed by atoms with Crippen LogP contribution in [0.4, 0.5) is 11.4 Å². The summed E-state index contributed by atoms with van der Waals surface area (Å²) in [6, 6.07) is 28.7. The van der Waals surface area contributed by atoms with Gasteiger partial charge in [0.2, 0.25) is 11.7 Å². The zero-order valence-corrected chi connectivity index (χ0v) is 21.2. The number of nitriles is 1. The molecule has 2 amide bonds. The van der Waals surface area contributed by atoms with Gasteiger partial charge in [-0.1, -0.05) is 41.6 Å². The van der Waals surface area contributed by atoms with Crippen molar-refractivity contribution in [2.24, 2.45) is 0 Å². The van der Waals surface area contributed by atoms with E-state index in [0.29, 0.717) is 39.8 Å². The van der Waals surface area contributed by atoms with Crippen LogP contribution in [0.25, 0.3) is 22.5 Å². The van der Waals surface area contributed by atoms with Crippen molar-refractivity contribution in [3.05, 3.63) is 119 Å². The van der Waals surface area contributed by atoms with Gasteiger partial charge in [-0.05, 0) is 78.2 Å². The third-order valence-corrected chi connectivity index (χ3v) is 6.11. The number of amides is 2. The molecule has 2 N–H and O–H groups in total. The molecule has 190 valence electrons. The lowest BCUT2D eigenvalue weighted by Gasteiger charge is -2.11. The Hall–Kier alpha value is -5.55. The quantitative estimate of drug-likeness (QED) is 0.271. The Bertz CT molecular complexity index is 1730. The number of carbonyl (C=O) groups is 2. The SMILES string of the molecule is Cc1nc(-c2cccc(NC(=O)c3ccc(C)c(-c4ccc(C(=O)Nc5cccc(C#N)c5)cc4)c3)c2)no1. The first-order chi connectivity index (χ1) is 18.9. The van der Waals surface area contributed by atoms with Crippen molar-refractivity contribution in [2.75, 3.05) is 10.6 Å². The van der Waals surface area contributed by atoms with Crippen molar-refractivity contribution < 1.29 is 14.1 Å². The van der Waals surface area contributed by atoms with Crippen LogP contribution in [0.15, 0.2) is 95.5 Å². The van der Waals surface area contributed by atoms with Gasteiger partial charge < -0.3 is 15.2 Å². The summed E-state index contributed by atoms with van der Waals surface area (Å²) in [4.78, 5) is 30.0. The molecule has 39 heavy (non-hydrogen) atoms. The van der Waals surface area contributed by atoms with Gasteiger partial charge in [0.25, 0.3) is 11.8 Å². The summed E-state index contributed by atoms with van der Waals surface area (Å²) < 4.78 is 5.05. The second-order valence-corrected chi connectivity index (χ2v) is 8.93. The van der Waals surface area contributed by atoms with Crippen molar-refractivity contribution in [1.29, 1.82) is 5.26 Å². The van der Waals surface area contributed by atoms with Gasteiger partial charge in [0.15, 0.2) is 0 Å². The van der Waals surface area contributed by atoms with E-state index >= 15 is 0 Å². The second-order valence-electron chi connectivity index (χ2n) is 8.93. The maximum Gasteiger partial charge on any atom is 0.255 e. The first kappa shape index (κ1) is 25.1. The summed E-state index contributed by atoms with van der Waals surface area (Å²) in [5.41, 5.74) is 6.08. The normalized spacial score (nSPS) is 10.5. The van der Waals surface area contributed by atoms with Crippen LogP contribution in [0.1, 0.15) is 37.7 Å². The number of nitrogens with zero attached hydrogens (tertiary/aromatic N) is 3. The molecule has 0 atom stereocenters. The van der Waals surface area contributed by atoms with Crippen molar-refractivity contribution in [2.45, 2.75) is 13.8 Å². The van der Waals surface area contributed by atoms with Gasteiger partial charge >= 0.3 is 0 Å². The van der Waals surface area contributed by atoms with E-state index in [1.165, 1.54) is 0 Å². The van der Waals surface area contributed by atoms with Gasteiger partial charge in [0, 0.05) is 35.0 Å². The van der Waals surface area contributed by atoms with Crippen LogP contribution in [-0.2, 0) is 0 Å². The van der Waals surface area contributed by atoms with Gasteiger partial charge in [0.05, 0.1) is 11.6 Å². The van der Waals surface area contributed by atoms with E-state index in [-0.39, 0.29) is 11.8 Å². The Morgan fingerprint density at radius 1 is 0.769 bits per heavy atom. The number of rotatable bonds is 6. The summed E-state index contributed by atoms with van der Waals surface area (Å²) in [5.74, 6) is 0.382. The van der Waals surface area contributed by atoms with Crippen LogP contribution < -0.4 is 10.6 Å². The molecule has 0 unspecified atom stereocenters. The highest BCUT2D eigenvalue weighted by Crippen LogP contribution is 2.27. The van der Waals surface area contributed by atoms with Crippen LogP contribution in [0, 0.1) is 25.2 Å². The maximum atomic E-state index is 13.1. The van der Waals surface area contributed by atoms with Crippen LogP contribution in [0.3, 0.4) is 0 Å². The molecule has 8 heteroatoms. The van der Waals surface area contributed by atoms with E-state index in [2.05, 4.69) is 26.8 Å². The summed E-state index contributed by atoms with van der Waals surface area (Å²) >= 11 is 0. The Labute approximate surface area is 224 Å². The van der Waals surface area contributed by atoms with Crippen molar-refractivity contribution in [1.82, 2.24) is 10.1 Å². The van der Waals surface area contributed by atoms with Gasteiger partial charge in [-0.2, -0.15) is 10.2 Å². The van der Waals surface area contributed by atoms with Crippen molar-refractivity contribution in [3.8, 4) is 28.6 Å². The lowest BCUT2D eigenvalue weighted by atomic mass is 9.97. The summed E-state index contributed by atoms with van der Waals surface area (Å²) in [7, 11) is 0. The number of benzene rings is 4. The molecule has 4 aromatic carbocycles. The topological polar surface area (TPSA) is 121 Å². The minimum absolute atomic E-state index is 0.256. The Morgan fingerprint density at radius 3 is 2.13 bits per heavy atom. The highest BCUT2D eigenvalue weighted by Gasteiger charge is 2.13. The molecule has 0 fully saturated rings. The Balaban J connectivity index is 1.32. The molecule has 0 saturated carbocycles. The number of hydrogen-bond acceptors (Lipinski definition) is 6. The van der Waals surface area contributed by atoms with Crippen molar-refractivity contribution >= 4 is 23.2 Å². The van der Waals surface area contributed by atoms with Crippen LogP contribution in [-0.4, -0.2) is 22.0 Å². The zero-order chi connectivity index (χ0) is 27.4. The molecule has 0 radical (unpaired) electrons.